The molecule has 1 atom stereocenters. The zero-order valence-corrected chi connectivity index (χ0v) is 31.6. The Kier molecular flexibility index (Phi) is 10.5. The smallest absolute Gasteiger partial charge is 0.412 e. The Hall–Kier alpha value is -5.03. The van der Waals surface area contributed by atoms with Gasteiger partial charge in [0.25, 0.3) is 0 Å². The van der Waals surface area contributed by atoms with Crippen molar-refractivity contribution in [3.05, 3.63) is 95.7 Å². The third-order valence-corrected chi connectivity index (χ3v) is 10.4. The van der Waals surface area contributed by atoms with E-state index in [9.17, 15) is 14.7 Å². The van der Waals surface area contributed by atoms with Crippen LogP contribution >= 0.6 is 11.8 Å². The van der Waals surface area contributed by atoms with Crippen molar-refractivity contribution < 1.29 is 28.9 Å². The van der Waals surface area contributed by atoms with Crippen LogP contribution in [0.4, 0.5) is 10.5 Å². The van der Waals surface area contributed by atoms with Crippen LogP contribution in [-0.4, -0.2) is 63.0 Å². The first-order valence-corrected chi connectivity index (χ1v) is 18.3. The highest BCUT2D eigenvalue weighted by molar-refractivity contribution is 8.00. The molecular weight excluding hydrogens is 677 g/mol. The predicted octanol–water partition coefficient (Wildman–Crippen LogP) is 8.67. The molecule has 6 rings (SSSR count). The van der Waals surface area contributed by atoms with Gasteiger partial charge in [0.1, 0.15) is 12.4 Å². The monoisotopic (exact) mass is 722 g/mol. The minimum Gasteiger partial charge on any atom is -0.491 e. The van der Waals surface area contributed by atoms with Gasteiger partial charge < -0.3 is 23.9 Å². The molecule has 0 bridgehead atoms. The number of aromatic nitrogens is 3. The van der Waals surface area contributed by atoms with E-state index in [0.717, 1.165) is 43.9 Å². The second-order valence-electron chi connectivity index (χ2n) is 14.6. The zero-order chi connectivity index (χ0) is 37.2. The number of amides is 1. The van der Waals surface area contributed by atoms with Crippen molar-refractivity contribution in [3.63, 3.8) is 0 Å². The van der Waals surface area contributed by atoms with E-state index in [1.807, 2.05) is 69.3 Å². The summed E-state index contributed by atoms with van der Waals surface area (Å²) in [7, 11) is 1.56. The maximum absolute atomic E-state index is 13.3. The van der Waals surface area contributed by atoms with Gasteiger partial charge in [-0.25, -0.2) is 4.79 Å². The zero-order valence-electron chi connectivity index (χ0n) is 30.8. The van der Waals surface area contributed by atoms with Gasteiger partial charge in [0.05, 0.1) is 36.6 Å². The van der Waals surface area contributed by atoms with E-state index in [4.69, 9.17) is 14.2 Å². The standard InChI is InChI=1S/C41H46N4O6S/c1-8-50-38(46)41(5,6)23-35-37(52-40(2,3)4)31-22-30(51-25-29-21-28-11-9-10-12-33(28)45(29)39(47)48)17-19-34(31)44(35)24-26-13-15-27(16-14-26)32-18-20-36(49-7)43-42-32/h9-20,22,29H,8,21,23-25H2,1-7H3,(H,47,48)/t29-/m0/s1. The van der Waals surface area contributed by atoms with E-state index in [2.05, 4.69) is 59.8 Å². The summed E-state index contributed by atoms with van der Waals surface area (Å²) in [4.78, 5) is 28.0. The molecule has 0 spiro atoms. The Morgan fingerprint density at radius 2 is 1.71 bits per heavy atom. The molecule has 1 N–H and O–H groups in total. The first-order valence-electron chi connectivity index (χ1n) is 17.5. The van der Waals surface area contributed by atoms with Gasteiger partial charge in [-0.15, -0.1) is 22.0 Å². The molecule has 1 aliphatic rings. The maximum Gasteiger partial charge on any atom is 0.412 e. The number of rotatable bonds is 12. The summed E-state index contributed by atoms with van der Waals surface area (Å²) in [5.74, 6) is 0.873. The maximum atomic E-state index is 13.3. The molecule has 1 aliphatic heterocycles. The number of carbonyl (C=O) groups is 2. The molecule has 10 nitrogen and oxygen atoms in total. The summed E-state index contributed by atoms with van der Waals surface area (Å²) in [5.41, 5.74) is 5.74. The Bertz CT molecular complexity index is 2070. The number of carbonyl (C=O) groups excluding carboxylic acids is 1. The summed E-state index contributed by atoms with van der Waals surface area (Å²) in [6.07, 6.45) is 0.0554. The molecule has 272 valence electrons. The largest absolute Gasteiger partial charge is 0.491 e. The number of carboxylic acid groups (broad SMARTS) is 1. The second-order valence-corrected chi connectivity index (χ2v) is 16.5. The lowest BCUT2D eigenvalue weighted by molar-refractivity contribution is -0.153. The minimum absolute atomic E-state index is 0.141. The van der Waals surface area contributed by atoms with Gasteiger partial charge in [-0.1, -0.05) is 63.2 Å². The molecule has 1 amide bonds. The van der Waals surface area contributed by atoms with Crippen molar-refractivity contribution in [1.29, 1.82) is 0 Å². The molecule has 11 heteroatoms. The van der Waals surface area contributed by atoms with Gasteiger partial charge in [0.2, 0.25) is 5.88 Å². The molecule has 3 aromatic carbocycles. The molecule has 0 radical (unpaired) electrons. The predicted molar refractivity (Wildman–Crippen MR) is 205 cm³/mol. The number of benzene rings is 3. The Morgan fingerprint density at radius 1 is 0.962 bits per heavy atom. The SMILES string of the molecule is CCOC(=O)C(C)(C)Cc1c(SC(C)(C)C)c2cc(OC[C@@H]3Cc4ccccc4N3C(=O)O)ccc2n1Cc1ccc(-c2ccc(OC)nn2)cc1. The van der Waals surface area contributed by atoms with Gasteiger partial charge in [0.15, 0.2) is 0 Å². The minimum atomic E-state index is -0.992. The normalized spacial score (nSPS) is 14.4. The molecule has 0 fully saturated rings. The fraction of sp³-hybridized carbons (Fsp3) is 0.366. The second kappa shape index (κ2) is 14.9. The molecule has 52 heavy (non-hydrogen) atoms. The average Bonchev–Trinajstić information content (AvgIpc) is 3.62. The van der Waals surface area contributed by atoms with Crippen molar-refractivity contribution in [1.82, 2.24) is 14.8 Å². The molecular formula is C41H46N4O6S. The lowest BCUT2D eigenvalue weighted by Crippen LogP contribution is -2.40. The first-order chi connectivity index (χ1) is 24.8. The van der Waals surface area contributed by atoms with Gasteiger partial charge >= 0.3 is 12.1 Å². The summed E-state index contributed by atoms with van der Waals surface area (Å²) >= 11 is 1.76. The third kappa shape index (κ3) is 7.89. The number of hydrogen-bond acceptors (Lipinski definition) is 8. The number of hydrogen-bond donors (Lipinski definition) is 1. The number of anilines is 1. The average molecular weight is 723 g/mol. The number of para-hydroxylation sites is 1. The molecule has 3 heterocycles. The first kappa shape index (κ1) is 36.8. The van der Waals surface area contributed by atoms with Crippen molar-refractivity contribution >= 4 is 40.4 Å². The van der Waals surface area contributed by atoms with Gasteiger partial charge in [0, 0.05) is 50.8 Å². The molecule has 5 aromatic rings. The topological polar surface area (TPSA) is 116 Å². The van der Waals surface area contributed by atoms with E-state index in [0.29, 0.717) is 43.3 Å². The Balaban J connectivity index is 1.38. The van der Waals surface area contributed by atoms with Gasteiger partial charge in [-0.2, -0.15) is 0 Å². The van der Waals surface area contributed by atoms with Crippen LogP contribution in [0, 0.1) is 5.41 Å². The highest BCUT2D eigenvalue weighted by Gasteiger charge is 2.36. The van der Waals surface area contributed by atoms with Crippen molar-refractivity contribution in [2.24, 2.45) is 5.41 Å². The van der Waals surface area contributed by atoms with Gasteiger partial charge in [-0.3, -0.25) is 9.69 Å². The lowest BCUT2D eigenvalue weighted by Gasteiger charge is -2.26. The van der Waals surface area contributed by atoms with E-state index < -0.39 is 11.5 Å². The van der Waals surface area contributed by atoms with Crippen LogP contribution in [0.2, 0.25) is 0 Å². The summed E-state index contributed by atoms with van der Waals surface area (Å²) < 4.78 is 19.2. The van der Waals surface area contributed by atoms with E-state index in [1.54, 1.807) is 24.9 Å². The van der Waals surface area contributed by atoms with Crippen LogP contribution in [0.1, 0.15) is 58.4 Å². The molecule has 0 aliphatic carbocycles. The van der Waals surface area contributed by atoms with Crippen molar-refractivity contribution in [2.75, 3.05) is 25.2 Å². The van der Waals surface area contributed by atoms with Crippen LogP contribution < -0.4 is 14.4 Å². The highest BCUT2D eigenvalue weighted by Crippen LogP contribution is 2.44. The molecule has 0 saturated carbocycles. The molecule has 2 aromatic heterocycles. The van der Waals surface area contributed by atoms with Crippen molar-refractivity contribution in [2.45, 2.75) is 76.6 Å². The van der Waals surface area contributed by atoms with E-state index in [-0.39, 0.29) is 23.4 Å². The molecule has 0 unspecified atom stereocenters. The van der Waals surface area contributed by atoms with Crippen LogP contribution in [0.5, 0.6) is 11.6 Å². The number of esters is 1. The van der Waals surface area contributed by atoms with Crippen LogP contribution in [0.25, 0.3) is 22.2 Å². The quantitative estimate of drug-likeness (QED) is 0.0998. The van der Waals surface area contributed by atoms with E-state index >= 15 is 0 Å². The summed E-state index contributed by atoms with van der Waals surface area (Å²) in [5, 5.41) is 19.5. The lowest BCUT2D eigenvalue weighted by atomic mass is 9.87. The highest BCUT2D eigenvalue weighted by atomic mass is 32.2. The number of thioether (sulfide) groups is 1. The number of nitrogens with zero attached hydrogens (tertiary/aromatic N) is 4. The molecule has 0 saturated heterocycles. The fourth-order valence-corrected chi connectivity index (χ4v) is 7.82. The number of methoxy groups -OCH3 is 1. The third-order valence-electron chi connectivity index (χ3n) is 9.10. The fourth-order valence-electron chi connectivity index (χ4n) is 6.63. The van der Waals surface area contributed by atoms with Crippen LogP contribution in [-0.2, 0) is 28.9 Å². The van der Waals surface area contributed by atoms with Gasteiger partial charge in [-0.05, 0) is 68.7 Å². The summed E-state index contributed by atoms with van der Waals surface area (Å²) in [6, 6.07) is 25.3. The van der Waals surface area contributed by atoms with Crippen LogP contribution in [0.3, 0.4) is 0 Å². The summed E-state index contributed by atoms with van der Waals surface area (Å²) in [6.45, 7) is 13.3. The number of ether oxygens (including phenoxy) is 3. The van der Waals surface area contributed by atoms with E-state index in [1.165, 1.54) is 4.90 Å². The Morgan fingerprint density at radius 3 is 2.37 bits per heavy atom. The van der Waals surface area contributed by atoms with Crippen molar-refractivity contribution in [3.8, 4) is 22.9 Å². The van der Waals surface area contributed by atoms with Crippen LogP contribution in [0.15, 0.2) is 83.8 Å². The number of fused-ring (bicyclic) bond motifs is 2. The Labute approximate surface area is 309 Å².